The Morgan fingerprint density at radius 1 is 1.24 bits per heavy atom. The number of hydrogen-bond donors (Lipinski definition) is 1. The second-order valence-corrected chi connectivity index (χ2v) is 5.66. The van der Waals surface area contributed by atoms with Crippen LogP contribution in [0.3, 0.4) is 0 Å². The van der Waals surface area contributed by atoms with Crippen LogP contribution in [0.1, 0.15) is 26.3 Å². The lowest BCUT2D eigenvalue weighted by Crippen LogP contribution is -2.28. The zero-order valence-electron chi connectivity index (χ0n) is 13.6. The Labute approximate surface area is 127 Å². The molecule has 0 aromatic heterocycles. The summed E-state index contributed by atoms with van der Waals surface area (Å²) >= 11 is 0. The summed E-state index contributed by atoms with van der Waals surface area (Å²) in [6, 6.07) is 4.64. The fourth-order valence-electron chi connectivity index (χ4n) is 2.34. The van der Waals surface area contributed by atoms with Gasteiger partial charge in [-0.2, -0.15) is 0 Å². The molecule has 1 aromatic carbocycles. The van der Waals surface area contributed by atoms with Crippen molar-refractivity contribution in [1.29, 1.82) is 0 Å². The minimum Gasteiger partial charge on any atom is -0.370 e. The van der Waals surface area contributed by atoms with Crippen molar-refractivity contribution in [3.8, 4) is 0 Å². The summed E-state index contributed by atoms with van der Waals surface area (Å²) in [6.07, 6.45) is 1.81. The second-order valence-electron chi connectivity index (χ2n) is 5.66. The molecule has 1 aromatic rings. The van der Waals surface area contributed by atoms with Crippen LogP contribution in [0, 0.1) is 0 Å². The van der Waals surface area contributed by atoms with Gasteiger partial charge in [0.15, 0.2) is 0 Å². The van der Waals surface area contributed by atoms with E-state index in [0.717, 1.165) is 34.2 Å². The zero-order valence-corrected chi connectivity index (χ0v) is 13.6. The highest BCUT2D eigenvalue weighted by Gasteiger charge is 2.20. The van der Waals surface area contributed by atoms with Crippen molar-refractivity contribution in [2.45, 2.75) is 26.8 Å². The van der Waals surface area contributed by atoms with Gasteiger partial charge in [-0.15, -0.1) is 0 Å². The highest BCUT2D eigenvalue weighted by Crippen LogP contribution is 2.39. The van der Waals surface area contributed by atoms with E-state index in [0.29, 0.717) is 6.04 Å². The molecule has 0 radical (unpaired) electrons. The molecule has 1 heterocycles. The van der Waals surface area contributed by atoms with Crippen LogP contribution in [0.15, 0.2) is 36.5 Å². The predicted octanol–water partition coefficient (Wildman–Crippen LogP) is 3.73. The Morgan fingerprint density at radius 2 is 1.90 bits per heavy atom. The summed E-state index contributed by atoms with van der Waals surface area (Å²) in [5.74, 6) is 0.865. The van der Waals surface area contributed by atoms with Crippen LogP contribution in [-0.4, -0.2) is 26.0 Å². The topological polar surface area (TPSA) is 30.9 Å². The lowest BCUT2D eigenvalue weighted by atomic mass is 10.0. The van der Waals surface area contributed by atoms with E-state index >= 15 is 0 Å². The minimum atomic E-state index is 0.398. The molecule has 4 heteroatoms. The van der Waals surface area contributed by atoms with Crippen LogP contribution >= 0.6 is 0 Å². The van der Waals surface area contributed by atoms with Crippen molar-refractivity contribution in [1.82, 2.24) is 5.32 Å². The summed E-state index contributed by atoms with van der Waals surface area (Å²) in [4.78, 5) is 8.85. The van der Waals surface area contributed by atoms with Gasteiger partial charge in [0.1, 0.15) is 5.84 Å². The van der Waals surface area contributed by atoms with Crippen molar-refractivity contribution in [3.05, 3.63) is 37.1 Å². The van der Waals surface area contributed by atoms with Gasteiger partial charge in [-0.25, -0.2) is 4.99 Å². The first kappa shape index (κ1) is 15.2. The number of nitrogens with one attached hydrogen (secondary N) is 1. The summed E-state index contributed by atoms with van der Waals surface area (Å²) < 4.78 is 0. The molecule has 0 unspecified atom stereocenters. The van der Waals surface area contributed by atoms with Gasteiger partial charge in [-0.1, -0.05) is 13.2 Å². The maximum absolute atomic E-state index is 4.58. The van der Waals surface area contributed by atoms with Gasteiger partial charge < -0.3 is 15.1 Å². The van der Waals surface area contributed by atoms with Gasteiger partial charge in [0.2, 0.25) is 0 Å². The van der Waals surface area contributed by atoms with Gasteiger partial charge in [0.05, 0.1) is 17.1 Å². The first-order valence-corrected chi connectivity index (χ1v) is 7.13. The standard InChI is InChI=1S/C17H24N4/c1-8-20(6)16-10-15-14(12(4)18-13(5)19-15)9-17(16)21(7)11(2)3/h8-11H,1,4H2,2-3,5-7H3,(H,18,19). The molecule has 21 heavy (non-hydrogen) atoms. The molecule has 112 valence electrons. The van der Waals surface area contributed by atoms with E-state index < -0.39 is 0 Å². The SMILES string of the molecule is C=CN(C)c1cc2c(cc1N(C)C(C)C)C(=C)NC(C)=N2. The fraction of sp³-hybridized carbons (Fsp3) is 0.353. The number of rotatable bonds is 4. The molecule has 0 bridgehead atoms. The lowest BCUT2D eigenvalue weighted by molar-refractivity contribution is 0.754. The van der Waals surface area contributed by atoms with E-state index in [2.05, 4.69) is 61.4 Å². The third-order valence-corrected chi connectivity index (χ3v) is 3.85. The predicted molar refractivity (Wildman–Crippen MR) is 93.5 cm³/mol. The van der Waals surface area contributed by atoms with Crippen molar-refractivity contribution < 1.29 is 0 Å². The summed E-state index contributed by atoms with van der Waals surface area (Å²) in [5.41, 5.74) is 5.11. The number of nitrogens with zero attached hydrogens (tertiary/aromatic N) is 3. The largest absolute Gasteiger partial charge is 0.370 e. The zero-order chi connectivity index (χ0) is 15.7. The first-order valence-electron chi connectivity index (χ1n) is 7.13. The number of hydrogen-bond acceptors (Lipinski definition) is 4. The average molecular weight is 284 g/mol. The number of benzene rings is 1. The minimum absolute atomic E-state index is 0.398. The lowest BCUT2D eigenvalue weighted by Gasteiger charge is -2.31. The third-order valence-electron chi connectivity index (χ3n) is 3.85. The van der Waals surface area contributed by atoms with E-state index in [4.69, 9.17) is 0 Å². The molecule has 1 N–H and O–H groups in total. The molecule has 4 nitrogen and oxygen atoms in total. The van der Waals surface area contributed by atoms with Crippen LogP contribution in [0.4, 0.5) is 17.1 Å². The average Bonchev–Trinajstić information content (AvgIpc) is 2.44. The number of anilines is 2. The maximum Gasteiger partial charge on any atom is 0.103 e. The molecule has 0 atom stereocenters. The van der Waals surface area contributed by atoms with E-state index in [9.17, 15) is 0 Å². The smallest absolute Gasteiger partial charge is 0.103 e. The second kappa shape index (κ2) is 5.64. The van der Waals surface area contributed by atoms with Gasteiger partial charge in [-0.3, -0.25) is 0 Å². The van der Waals surface area contributed by atoms with Crippen LogP contribution < -0.4 is 15.1 Å². The molecule has 0 aliphatic carbocycles. The first-order chi connectivity index (χ1) is 9.85. The van der Waals surface area contributed by atoms with Gasteiger partial charge in [-0.05, 0) is 39.1 Å². The van der Waals surface area contributed by atoms with E-state index in [1.54, 1.807) is 0 Å². The molecule has 1 aliphatic heterocycles. The fourth-order valence-corrected chi connectivity index (χ4v) is 2.34. The number of amidine groups is 1. The van der Waals surface area contributed by atoms with Crippen LogP contribution in [-0.2, 0) is 0 Å². The normalized spacial score (nSPS) is 13.4. The third kappa shape index (κ3) is 2.79. The molecule has 0 amide bonds. The Hall–Kier alpha value is -2.23. The Balaban J connectivity index is 2.66. The molecular formula is C17H24N4. The summed E-state index contributed by atoms with van der Waals surface area (Å²) in [5, 5.41) is 3.20. The highest BCUT2D eigenvalue weighted by atomic mass is 15.2. The molecule has 0 spiro atoms. The van der Waals surface area contributed by atoms with Crippen molar-refractivity contribution >= 4 is 28.6 Å². The molecule has 1 aliphatic rings. The molecule has 0 saturated heterocycles. The number of aliphatic imine (C=N–C) groups is 1. The number of fused-ring (bicyclic) bond motifs is 1. The van der Waals surface area contributed by atoms with Crippen LogP contribution in [0.2, 0.25) is 0 Å². The Kier molecular flexibility index (Phi) is 4.07. The van der Waals surface area contributed by atoms with Gasteiger partial charge in [0.25, 0.3) is 0 Å². The molecular weight excluding hydrogens is 260 g/mol. The van der Waals surface area contributed by atoms with E-state index in [1.165, 1.54) is 0 Å². The molecule has 0 fully saturated rings. The molecule has 2 rings (SSSR count). The monoisotopic (exact) mass is 284 g/mol. The van der Waals surface area contributed by atoms with Crippen LogP contribution in [0.25, 0.3) is 5.70 Å². The summed E-state index contributed by atoms with van der Waals surface area (Å²) in [6.45, 7) is 14.3. The van der Waals surface area contributed by atoms with Gasteiger partial charge >= 0.3 is 0 Å². The van der Waals surface area contributed by atoms with Gasteiger partial charge in [0, 0.05) is 31.4 Å². The van der Waals surface area contributed by atoms with Crippen molar-refractivity contribution in [2.75, 3.05) is 23.9 Å². The Bertz CT molecular complexity index is 613. The van der Waals surface area contributed by atoms with Crippen molar-refractivity contribution in [2.24, 2.45) is 4.99 Å². The van der Waals surface area contributed by atoms with E-state index in [1.807, 2.05) is 25.1 Å². The molecule has 0 saturated carbocycles. The van der Waals surface area contributed by atoms with Crippen LogP contribution in [0.5, 0.6) is 0 Å². The van der Waals surface area contributed by atoms with Crippen molar-refractivity contribution in [3.63, 3.8) is 0 Å². The highest BCUT2D eigenvalue weighted by molar-refractivity contribution is 5.98. The Morgan fingerprint density at radius 3 is 2.48 bits per heavy atom. The summed E-state index contributed by atoms with van der Waals surface area (Å²) in [7, 11) is 4.10. The quantitative estimate of drug-likeness (QED) is 0.914. The van der Waals surface area contributed by atoms with E-state index in [-0.39, 0.29) is 0 Å². The maximum atomic E-state index is 4.58.